The molecule has 140 valence electrons. The molecule has 0 unspecified atom stereocenters. The van der Waals surface area contributed by atoms with Crippen molar-refractivity contribution in [1.29, 1.82) is 0 Å². The predicted molar refractivity (Wildman–Crippen MR) is 94.4 cm³/mol. The van der Waals surface area contributed by atoms with Crippen molar-refractivity contribution in [2.24, 2.45) is 0 Å². The highest BCUT2D eigenvalue weighted by Gasteiger charge is 2.26. The number of rotatable bonds is 5. The van der Waals surface area contributed by atoms with Gasteiger partial charge in [0.1, 0.15) is 6.10 Å². The molecule has 9 heteroatoms. The summed E-state index contributed by atoms with van der Waals surface area (Å²) in [6, 6.07) is 5.78. The average Bonchev–Trinajstić information content (AvgIpc) is 3.38. The van der Waals surface area contributed by atoms with Crippen molar-refractivity contribution in [3.63, 3.8) is 0 Å². The Bertz CT molecular complexity index is 907. The van der Waals surface area contributed by atoms with Crippen LogP contribution in [0.25, 0.3) is 11.3 Å². The fourth-order valence-electron chi connectivity index (χ4n) is 3.05. The fourth-order valence-corrected chi connectivity index (χ4v) is 3.05. The molecule has 4 heterocycles. The minimum atomic E-state index is -0.250. The molecule has 3 aromatic heterocycles. The summed E-state index contributed by atoms with van der Waals surface area (Å²) in [7, 11) is 0. The number of aryl methyl sites for hydroxylation is 2. The second-order valence-corrected chi connectivity index (χ2v) is 6.37. The van der Waals surface area contributed by atoms with Crippen LogP contribution < -0.4 is 0 Å². The molecule has 4 rings (SSSR count). The summed E-state index contributed by atoms with van der Waals surface area (Å²) in [5, 5.41) is 10.5. The Kier molecular flexibility index (Phi) is 4.93. The second kappa shape index (κ2) is 7.67. The molecule has 3 aromatic rings. The van der Waals surface area contributed by atoms with Crippen LogP contribution in [-0.4, -0.2) is 55.8 Å². The summed E-state index contributed by atoms with van der Waals surface area (Å²) in [6.45, 7) is 3.28. The van der Waals surface area contributed by atoms with Gasteiger partial charge in [-0.15, -0.1) is 0 Å². The maximum atomic E-state index is 12.6. The lowest BCUT2D eigenvalue weighted by Crippen LogP contribution is -2.42. The van der Waals surface area contributed by atoms with E-state index in [1.54, 1.807) is 19.3 Å². The molecule has 0 radical (unpaired) electrons. The van der Waals surface area contributed by atoms with Gasteiger partial charge in [0.25, 0.3) is 0 Å². The second-order valence-electron chi connectivity index (χ2n) is 6.37. The van der Waals surface area contributed by atoms with Crippen molar-refractivity contribution in [2.75, 3.05) is 19.7 Å². The van der Waals surface area contributed by atoms with Gasteiger partial charge >= 0.3 is 0 Å². The number of hydrogen-bond acceptors (Lipinski definition) is 7. The van der Waals surface area contributed by atoms with E-state index in [2.05, 4.69) is 25.3 Å². The van der Waals surface area contributed by atoms with Gasteiger partial charge in [-0.2, -0.15) is 10.1 Å². The Morgan fingerprint density at radius 3 is 3.07 bits per heavy atom. The van der Waals surface area contributed by atoms with E-state index in [0.29, 0.717) is 44.3 Å². The lowest BCUT2D eigenvalue weighted by atomic mass is 10.1. The molecule has 0 saturated carbocycles. The first kappa shape index (κ1) is 17.3. The van der Waals surface area contributed by atoms with Crippen molar-refractivity contribution in [3.05, 3.63) is 48.0 Å². The standard InChI is InChI=1S/C18H20N6O3/c1-12-21-17(27-23-12)5-6-18(25)24-7-8-26-16(11-24)15-4-2-3-14(22-15)13-9-19-20-10-13/h2-4,9-10,16H,5-8,11H2,1H3,(H,19,20)/t16-/m0/s1. The van der Waals surface area contributed by atoms with Crippen molar-refractivity contribution in [3.8, 4) is 11.3 Å². The molecular formula is C18H20N6O3. The first-order valence-corrected chi connectivity index (χ1v) is 8.84. The average molecular weight is 368 g/mol. The van der Waals surface area contributed by atoms with Gasteiger partial charge in [0, 0.05) is 31.1 Å². The zero-order valence-electron chi connectivity index (χ0n) is 15.0. The third-order valence-electron chi connectivity index (χ3n) is 4.44. The Labute approximate surface area is 155 Å². The Hall–Kier alpha value is -3.07. The summed E-state index contributed by atoms with van der Waals surface area (Å²) in [5.74, 6) is 1.11. The molecule has 1 aliphatic rings. The number of pyridine rings is 1. The van der Waals surface area contributed by atoms with Crippen LogP contribution in [0, 0.1) is 6.92 Å². The number of aromatic amines is 1. The van der Waals surface area contributed by atoms with Gasteiger partial charge in [-0.05, 0) is 19.1 Å². The molecule has 0 aliphatic carbocycles. The highest BCUT2D eigenvalue weighted by atomic mass is 16.5. The van der Waals surface area contributed by atoms with Crippen molar-refractivity contribution < 1.29 is 14.1 Å². The van der Waals surface area contributed by atoms with E-state index in [1.807, 2.05) is 23.1 Å². The number of aromatic nitrogens is 5. The number of amides is 1. The van der Waals surface area contributed by atoms with Crippen LogP contribution >= 0.6 is 0 Å². The third-order valence-corrected chi connectivity index (χ3v) is 4.44. The highest BCUT2D eigenvalue weighted by molar-refractivity contribution is 5.76. The van der Waals surface area contributed by atoms with Crippen molar-refractivity contribution in [2.45, 2.75) is 25.9 Å². The monoisotopic (exact) mass is 368 g/mol. The molecule has 0 aromatic carbocycles. The maximum absolute atomic E-state index is 12.6. The third kappa shape index (κ3) is 4.03. The number of morpholine rings is 1. The number of carbonyl (C=O) groups is 1. The number of nitrogens with zero attached hydrogens (tertiary/aromatic N) is 5. The van der Waals surface area contributed by atoms with Crippen LogP contribution in [0.4, 0.5) is 0 Å². The quantitative estimate of drug-likeness (QED) is 0.730. The number of ether oxygens (including phenoxy) is 1. The van der Waals surface area contributed by atoms with Crippen molar-refractivity contribution >= 4 is 5.91 Å². The van der Waals surface area contributed by atoms with Gasteiger partial charge < -0.3 is 14.2 Å². The lowest BCUT2D eigenvalue weighted by molar-refractivity contribution is -0.139. The van der Waals surface area contributed by atoms with E-state index in [0.717, 1.165) is 17.0 Å². The molecule has 1 atom stereocenters. The Morgan fingerprint density at radius 2 is 2.30 bits per heavy atom. The summed E-state index contributed by atoms with van der Waals surface area (Å²) < 4.78 is 10.9. The normalized spacial score (nSPS) is 17.2. The van der Waals surface area contributed by atoms with Crippen LogP contribution in [0.5, 0.6) is 0 Å². The largest absolute Gasteiger partial charge is 0.368 e. The van der Waals surface area contributed by atoms with E-state index in [4.69, 9.17) is 9.26 Å². The van der Waals surface area contributed by atoms with Crippen LogP contribution in [-0.2, 0) is 16.0 Å². The van der Waals surface area contributed by atoms with Gasteiger partial charge in [0.15, 0.2) is 5.82 Å². The molecule has 1 amide bonds. The first-order chi connectivity index (χ1) is 13.2. The summed E-state index contributed by atoms with van der Waals surface area (Å²) in [4.78, 5) is 23.2. The van der Waals surface area contributed by atoms with Gasteiger partial charge in [-0.3, -0.25) is 9.89 Å². The van der Waals surface area contributed by atoms with Crippen molar-refractivity contribution in [1.82, 2.24) is 30.2 Å². The zero-order valence-corrected chi connectivity index (χ0v) is 15.0. The van der Waals surface area contributed by atoms with Gasteiger partial charge in [-0.25, -0.2) is 4.98 Å². The van der Waals surface area contributed by atoms with Crippen LogP contribution in [0.3, 0.4) is 0 Å². The molecule has 0 spiro atoms. The fraction of sp³-hybridized carbons (Fsp3) is 0.389. The first-order valence-electron chi connectivity index (χ1n) is 8.84. The molecule has 27 heavy (non-hydrogen) atoms. The van der Waals surface area contributed by atoms with E-state index >= 15 is 0 Å². The van der Waals surface area contributed by atoms with Gasteiger partial charge in [0.05, 0.1) is 30.7 Å². The van der Waals surface area contributed by atoms with E-state index in [-0.39, 0.29) is 12.0 Å². The van der Waals surface area contributed by atoms with Gasteiger partial charge in [-0.1, -0.05) is 11.2 Å². The molecule has 9 nitrogen and oxygen atoms in total. The van der Waals surface area contributed by atoms with Crippen LogP contribution in [0.2, 0.25) is 0 Å². The Morgan fingerprint density at radius 1 is 1.37 bits per heavy atom. The molecular weight excluding hydrogens is 348 g/mol. The van der Waals surface area contributed by atoms with Crippen LogP contribution in [0.15, 0.2) is 35.1 Å². The number of hydrogen-bond donors (Lipinski definition) is 1. The predicted octanol–water partition coefficient (Wildman–Crippen LogP) is 1.70. The van der Waals surface area contributed by atoms with Crippen LogP contribution in [0.1, 0.15) is 29.9 Å². The molecule has 1 aliphatic heterocycles. The van der Waals surface area contributed by atoms with Gasteiger partial charge in [0.2, 0.25) is 11.8 Å². The molecule has 1 N–H and O–H groups in total. The number of H-pyrrole nitrogens is 1. The smallest absolute Gasteiger partial charge is 0.227 e. The number of nitrogens with one attached hydrogen (secondary N) is 1. The SMILES string of the molecule is Cc1noc(CCC(=O)N2CCO[C@H](c3cccc(-c4cn[nH]c4)n3)C2)n1. The summed E-state index contributed by atoms with van der Waals surface area (Å²) in [5.41, 5.74) is 2.54. The zero-order chi connectivity index (χ0) is 18.6. The topological polar surface area (TPSA) is 110 Å². The van der Waals surface area contributed by atoms with E-state index < -0.39 is 0 Å². The molecule has 1 saturated heterocycles. The molecule has 0 bridgehead atoms. The van der Waals surface area contributed by atoms with E-state index in [1.165, 1.54) is 0 Å². The van der Waals surface area contributed by atoms with E-state index in [9.17, 15) is 4.79 Å². The minimum Gasteiger partial charge on any atom is -0.368 e. The summed E-state index contributed by atoms with van der Waals surface area (Å²) in [6.07, 6.45) is 4.04. The minimum absolute atomic E-state index is 0.0464. The summed E-state index contributed by atoms with van der Waals surface area (Å²) >= 11 is 0. The Balaban J connectivity index is 1.40. The maximum Gasteiger partial charge on any atom is 0.227 e. The molecule has 1 fully saturated rings. The lowest BCUT2D eigenvalue weighted by Gasteiger charge is -2.32. The highest BCUT2D eigenvalue weighted by Crippen LogP contribution is 2.24. The number of carbonyl (C=O) groups excluding carboxylic acids is 1.